The Balaban J connectivity index is 2.16. The Bertz CT molecular complexity index is 268. The van der Waals surface area contributed by atoms with Crippen LogP contribution in [0.1, 0.15) is 52.4 Å². The van der Waals surface area contributed by atoms with Crippen molar-refractivity contribution in [3.8, 4) is 0 Å². The molecule has 18 heavy (non-hydrogen) atoms. The number of carbonyl (C=O) groups is 1. The molecule has 0 aliphatic carbocycles. The molecule has 1 fully saturated rings. The van der Waals surface area contributed by atoms with Gasteiger partial charge in [0.1, 0.15) is 5.78 Å². The van der Waals surface area contributed by atoms with Crippen LogP contribution in [0, 0.1) is 0 Å². The van der Waals surface area contributed by atoms with Gasteiger partial charge in [-0.1, -0.05) is 25.8 Å². The molecule has 0 spiro atoms. The van der Waals surface area contributed by atoms with Crippen LogP contribution >= 0.6 is 0 Å². The highest BCUT2D eigenvalue weighted by Crippen LogP contribution is 2.10. The van der Waals surface area contributed by atoms with Gasteiger partial charge in [0.25, 0.3) is 0 Å². The summed E-state index contributed by atoms with van der Waals surface area (Å²) in [5, 5.41) is 0. The molecular formula is C15H27NO2. The molecule has 3 nitrogen and oxygen atoms in total. The van der Waals surface area contributed by atoms with Crippen LogP contribution < -0.4 is 0 Å². The van der Waals surface area contributed by atoms with Crippen molar-refractivity contribution in [2.45, 2.75) is 52.4 Å². The second-order valence-corrected chi connectivity index (χ2v) is 4.98. The lowest BCUT2D eigenvalue weighted by Gasteiger charge is -2.29. The number of morpholine rings is 1. The van der Waals surface area contributed by atoms with Crippen LogP contribution in [0.15, 0.2) is 11.8 Å². The average molecular weight is 253 g/mol. The van der Waals surface area contributed by atoms with Crippen LogP contribution in [0.25, 0.3) is 0 Å². The Morgan fingerprint density at radius 2 is 1.94 bits per heavy atom. The molecule has 0 radical (unpaired) electrons. The number of nitrogens with zero attached hydrogens (tertiary/aromatic N) is 1. The van der Waals surface area contributed by atoms with Crippen LogP contribution in [0.5, 0.6) is 0 Å². The smallest absolute Gasteiger partial charge is 0.133 e. The minimum atomic E-state index is 0.412. The van der Waals surface area contributed by atoms with E-state index in [4.69, 9.17) is 4.74 Å². The fourth-order valence-electron chi connectivity index (χ4n) is 2.18. The van der Waals surface area contributed by atoms with E-state index in [-0.39, 0.29) is 0 Å². The van der Waals surface area contributed by atoms with Gasteiger partial charge in [0, 0.05) is 31.6 Å². The normalized spacial score (nSPS) is 17.0. The number of rotatable bonds is 8. The molecule has 104 valence electrons. The zero-order valence-corrected chi connectivity index (χ0v) is 11.9. The molecule has 1 aliphatic rings. The van der Waals surface area contributed by atoms with Crippen molar-refractivity contribution < 1.29 is 9.53 Å². The number of allylic oxidation sites excluding steroid dienone is 2. The SMILES string of the molecule is CCCCCC(=O)CCC=C(C)N1CCOCC1. The summed E-state index contributed by atoms with van der Waals surface area (Å²) in [7, 11) is 0. The first-order valence-electron chi connectivity index (χ1n) is 7.25. The second kappa shape index (κ2) is 9.15. The molecule has 0 aromatic rings. The zero-order chi connectivity index (χ0) is 13.2. The van der Waals surface area contributed by atoms with Gasteiger partial charge in [-0.2, -0.15) is 0 Å². The summed E-state index contributed by atoms with van der Waals surface area (Å²) in [6.45, 7) is 7.90. The van der Waals surface area contributed by atoms with Crippen molar-refractivity contribution in [2.24, 2.45) is 0 Å². The van der Waals surface area contributed by atoms with Gasteiger partial charge in [-0.3, -0.25) is 4.79 Å². The number of hydrogen-bond acceptors (Lipinski definition) is 3. The van der Waals surface area contributed by atoms with Gasteiger partial charge < -0.3 is 9.64 Å². The van der Waals surface area contributed by atoms with Crippen molar-refractivity contribution in [3.05, 3.63) is 11.8 Å². The van der Waals surface area contributed by atoms with Gasteiger partial charge >= 0.3 is 0 Å². The summed E-state index contributed by atoms with van der Waals surface area (Å²) in [5.74, 6) is 0.412. The van der Waals surface area contributed by atoms with Gasteiger partial charge in [0.05, 0.1) is 13.2 Å². The van der Waals surface area contributed by atoms with Crippen molar-refractivity contribution >= 4 is 5.78 Å². The van der Waals surface area contributed by atoms with Crippen molar-refractivity contribution in [2.75, 3.05) is 26.3 Å². The van der Waals surface area contributed by atoms with Gasteiger partial charge in [0.2, 0.25) is 0 Å². The first-order valence-corrected chi connectivity index (χ1v) is 7.25. The van der Waals surface area contributed by atoms with Crippen LogP contribution in [0.2, 0.25) is 0 Å². The molecule has 0 saturated carbocycles. The third-order valence-corrected chi connectivity index (χ3v) is 3.43. The number of Topliss-reactive ketones (excluding diaryl/α,β-unsaturated/α-hetero) is 1. The van der Waals surface area contributed by atoms with E-state index < -0.39 is 0 Å². The third-order valence-electron chi connectivity index (χ3n) is 3.43. The third kappa shape index (κ3) is 6.20. The fourth-order valence-corrected chi connectivity index (χ4v) is 2.18. The lowest BCUT2D eigenvalue weighted by atomic mass is 10.1. The highest BCUT2D eigenvalue weighted by atomic mass is 16.5. The molecule has 1 rings (SSSR count). The highest BCUT2D eigenvalue weighted by Gasteiger charge is 2.10. The van der Waals surface area contributed by atoms with E-state index in [0.29, 0.717) is 12.2 Å². The van der Waals surface area contributed by atoms with Gasteiger partial charge in [0.15, 0.2) is 0 Å². The van der Waals surface area contributed by atoms with Crippen molar-refractivity contribution in [3.63, 3.8) is 0 Å². The molecule has 1 saturated heterocycles. The van der Waals surface area contributed by atoms with Crippen LogP contribution in [0.4, 0.5) is 0 Å². The molecular weight excluding hydrogens is 226 g/mol. The van der Waals surface area contributed by atoms with Crippen LogP contribution in [0.3, 0.4) is 0 Å². The summed E-state index contributed by atoms with van der Waals surface area (Å²) < 4.78 is 5.32. The van der Waals surface area contributed by atoms with E-state index >= 15 is 0 Å². The standard InChI is InChI=1S/C15H27NO2/c1-3-4-5-8-15(17)9-6-7-14(2)16-10-12-18-13-11-16/h7H,3-6,8-13H2,1-2H3. The van der Waals surface area contributed by atoms with E-state index in [9.17, 15) is 4.79 Å². The Kier molecular flexibility index (Phi) is 7.74. The summed E-state index contributed by atoms with van der Waals surface area (Å²) in [6, 6.07) is 0. The fraction of sp³-hybridized carbons (Fsp3) is 0.800. The number of carbonyl (C=O) groups excluding carboxylic acids is 1. The molecule has 0 atom stereocenters. The molecule has 0 amide bonds. The predicted molar refractivity (Wildman–Crippen MR) is 74.5 cm³/mol. The second-order valence-electron chi connectivity index (χ2n) is 4.98. The molecule has 3 heteroatoms. The number of hydrogen-bond donors (Lipinski definition) is 0. The Morgan fingerprint density at radius 3 is 2.61 bits per heavy atom. The molecule has 0 unspecified atom stereocenters. The number of unbranched alkanes of at least 4 members (excludes halogenated alkanes) is 2. The summed E-state index contributed by atoms with van der Waals surface area (Å²) in [4.78, 5) is 14.0. The molecule has 0 bridgehead atoms. The minimum absolute atomic E-state index is 0.412. The summed E-state index contributed by atoms with van der Waals surface area (Å²) >= 11 is 0. The summed E-state index contributed by atoms with van der Waals surface area (Å²) in [5.41, 5.74) is 1.29. The molecule has 1 aliphatic heterocycles. The van der Waals surface area contributed by atoms with Gasteiger partial charge in [-0.05, 0) is 19.8 Å². The van der Waals surface area contributed by atoms with E-state index in [0.717, 1.165) is 45.6 Å². The van der Waals surface area contributed by atoms with Crippen LogP contribution in [-0.4, -0.2) is 37.0 Å². The molecule has 1 heterocycles. The Hall–Kier alpha value is -0.830. The largest absolute Gasteiger partial charge is 0.378 e. The maximum atomic E-state index is 11.6. The monoisotopic (exact) mass is 253 g/mol. The van der Waals surface area contributed by atoms with E-state index in [2.05, 4.69) is 24.8 Å². The molecule has 0 N–H and O–H groups in total. The van der Waals surface area contributed by atoms with Gasteiger partial charge in [-0.25, -0.2) is 0 Å². The van der Waals surface area contributed by atoms with Gasteiger partial charge in [-0.15, -0.1) is 0 Å². The predicted octanol–water partition coefficient (Wildman–Crippen LogP) is 3.15. The lowest BCUT2D eigenvalue weighted by molar-refractivity contribution is -0.119. The highest BCUT2D eigenvalue weighted by molar-refractivity contribution is 5.78. The molecule has 0 aromatic heterocycles. The van der Waals surface area contributed by atoms with Crippen molar-refractivity contribution in [1.82, 2.24) is 4.90 Å². The first kappa shape index (κ1) is 15.2. The first-order chi connectivity index (χ1) is 8.74. The Morgan fingerprint density at radius 1 is 1.22 bits per heavy atom. The molecule has 0 aromatic carbocycles. The maximum Gasteiger partial charge on any atom is 0.133 e. The number of ketones is 1. The quantitative estimate of drug-likeness (QED) is 0.622. The summed E-state index contributed by atoms with van der Waals surface area (Å²) in [6.07, 6.45) is 7.96. The van der Waals surface area contributed by atoms with Crippen LogP contribution in [-0.2, 0) is 9.53 Å². The van der Waals surface area contributed by atoms with E-state index in [1.165, 1.54) is 18.5 Å². The zero-order valence-electron chi connectivity index (χ0n) is 11.9. The van der Waals surface area contributed by atoms with E-state index in [1.54, 1.807) is 0 Å². The number of ether oxygens (including phenoxy) is 1. The maximum absolute atomic E-state index is 11.6. The Labute approximate surface area is 111 Å². The van der Waals surface area contributed by atoms with E-state index in [1.807, 2.05) is 0 Å². The topological polar surface area (TPSA) is 29.5 Å². The average Bonchev–Trinajstić information content (AvgIpc) is 2.40. The van der Waals surface area contributed by atoms with Crippen molar-refractivity contribution in [1.29, 1.82) is 0 Å². The minimum Gasteiger partial charge on any atom is -0.378 e. The lowest BCUT2D eigenvalue weighted by Crippen LogP contribution is -2.34.